The van der Waals surface area contributed by atoms with E-state index < -0.39 is 96.8 Å². The number of thioether (sulfide) groups is 1. The molecule has 30 heteroatoms. The maximum atomic E-state index is 12.7. The molecule has 3 rings (SSSR count). The summed E-state index contributed by atoms with van der Waals surface area (Å²) in [7, 11) is -16.4. The van der Waals surface area contributed by atoms with Crippen LogP contribution >= 0.6 is 35.2 Å². The second-order valence-electron chi connectivity index (χ2n) is 13.0. The zero-order valence-electron chi connectivity index (χ0n) is 30.5. The van der Waals surface area contributed by atoms with Crippen LogP contribution in [0.3, 0.4) is 0 Å². The van der Waals surface area contributed by atoms with Crippen LogP contribution in [0.15, 0.2) is 12.7 Å². The molecule has 57 heavy (non-hydrogen) atoms. The summed E-state index contributed by atoms with van der Waals surface area (Å²) in [5.74, 6) is -1.39. The number of hydrogen-bond acceptors (Lipinski definition) is 20. The summed E-state index contributed by atoms with van der Waals surface area (Å²) in [6.07, 6.45) is -9.27. The molecule has 3 heterocycles. The molecule has 0 radical (unpaired) electrons. The van der Waals surface area contributed by atoms with E-state index in [1.807, 2.05) is 0 Å². The van der Waals surface area contributed by atoms with Crippen molar-refractivity contribution in [3.05, 3.63) is 12.7 Å². The minimum atomic E-state index is -5.59. The van der Waals surface area contributed by atoms with Crippen LogP contribution < -0.4 is 16.4 Å². The van der Waals surface area contributed by atoms with Crippen molar-refractivity contribution in [2.45, 2.75) is 82.9 Å². The molecule has 324 valence electrons. The smallest absolute Gasteiger partial charge is 0.390 e. The Bertz CT molecular complexity index is 1850. The van der Waals surface area contributed by atoms with Crippen molar-refractivity contribution < 1.29 is 90.7 Å². The number of nitrogen functional groups attached to an aromatic ring is 1. The highest BCUT2D eigenvalue weighted by Crippen LogP contribution is 2.61. The summed E-state index contributed by atoms with van der Waals surface area (Å²) in [6, 6.07) is 0. The molecule has 26 nitrogen and oxygen atoms in total. The molecule has 4 unspecified atom stereocenters. The number of ether oxygens (including phenoxy) is 1. The normalized spacial score (nSPS) is 22.6. The van der Waals surface area contributed by atoms with Gasteiger partial charge in [-0.2, -0.15) is 4.31 Å². The second-order valence-corrected chi connectivity index (χ2v) is 18.4. The fraction of sp³-hybridized carbons (Fsp3) is 0.704. The molecule has 1 fully saturated rings. The maximum absolute atomic E-state index is 12.7. The van der Waals surface area contributed by atoms with Gasteiger partial charge in [0, 0.05) is 37.1 Å². The summed E-state index contributed by atoms with van der Waals surface area (Å²) in [6.45, 7) is 1.88. The topological polar surface area (TPSA) is 404 Å². The number of aliphatic hydroxyl groups is 4. The Morgan fingerprint density at radius 3 is 2.33 bits per heavy atom. The predicted molar refractivity (Wildman–Crippen MR) is 194 cm³/mol. The van der Waals surface area contributed by atoms with Crippen molar-refractivity contribution in [2.24, 2.45) is 5.41 Å². The molecule has 2 aromatic rings. The van der Waals surface area contributed by atoms with Gasteiger partial charge >= 0.3 is 23.5 Å². The molecule has 0 spiro atoms. The first-order chi connectivity index (χ1) is 26.4. The molecule has 9 atom stereocenters. The number of aliphatic hydroxyl groups excluding tert-OH is 4. The molecular formula is C27H46N7O19P3S. The number of carbonyl (C=O) groups is 3. The van der Waals surface area contributed by atoms with Gasteiger partial charge in [-0.3, -0.25) is 32.5 Å². The largest absolute Gasteiger partial charge is 0.481 e. The average molecular weight is 898 g/mol. The van der Waals surface area contributed by atoms with Gasteiger partial charge in [0.1, 0.15) is 36.3 Å². The fourth-order valence-corrected chi connectivity index (χ4v) is 8.48. The first-order valence-corrected chi connectivity index (χ1v) is 22.3. The lowest BCUT2D eigenvalue weighted by Gasteiger charge is -2.30. The third-order valence-corrected chi connectivity index (χ3v) is 12.0. The quantitative estimate of drug-likeness (QED) is 0.0432. The fourth-order valence-electron chi connectivity index (χ4n) is 4.93. The molecule has 0 aliphatic carbocycles. The van der Waals surface area contributed by atoms with Crippen molar-refractivity contribution in [1.82, 2.24) is 30.2 Å². The van der Waals surface area contributed by atoms with E-state index in [0.29, 0.717) is 0 Å². The standard InChI is InChI=1S/C27H46N7O19P3S/c1-4-14(35)15(36)9-18(38)57-8-7-29-17(37)5-6-30-25(41)22(40)27(2,3)11-50-56(47,48)53-55(45,46)49-10-16-21(52-54(42,43)44)20(39)26(51-16)34-13-33-19-23(28)31-12-32-24(19)34/h12-16,20-22,26,35-36,39-40H,4-11H2,1-3H3,(H,29,37)(H,30,41)(H,45,46)(H,47,48)(H2,28,31,32)(H2,42,43,44)/t14?,15?,16-,20-,21-,22+,26-/m1/s1. The van der Waals surface area contributed by atoms with Crippen LogP contribution in [0.2, 0.25) is 0 Å². The second kappa shape index (κ2) is 20.6. The van der Waals surface area contributed by atoms with Crippen LogP contribution in [0.5, 0.6) is 0 Å². The van der Waals surface area contributed by atoms with Crippen LogP contribution in [0.1, 0.15) is 46.3 Å². The highest BCUT2D eigenvalue weighted by Gasteiger charge is 2.50. The van der Waals surface area contributed by atoms with E-state index in [-0.39, 0.29) is 60.2 Å². The van der Waals surface area contributed by atoms with E-state index in [1.165, 1.54) is 13.8 Å². The van der Waals surface area contributed by atoms with Gasteiger partial charge in [0.15, 0.2) is 22.8 Å². The van der Waals surface area contributed by atoms with Gasteiger partial charge in [0.05, 0.1) is 31.7 Å². The van der Waals surface area contributed by atoms with E-state index >= 15 is 0 Å². The van der Waals surface area contributed by atoms with Crippen LogP contribution in [-0.4, -0.2) is 145 Å². The summed E-state index contributed by atoms with van der Waals surface area (Å²) in [5.41, 5.74) is 4.21. The highest BCUT2D eigenvalue weighted by atomic mass is 32.2. The third-order valence-electron chi connectivity index (χ3n) is 8.00. The van der Waals surface area contributed by atoms with Gasteiger partial charge in [0.2, 0.25) is 11.8 Å². The number of nitrogens with one attached hydrogen (secondary N) is 2. The number of nitrogens with zero attached hydrogens (tertiary/aromatic N) is 4. The number of aromatic nitrogens is 4. The summed E-state index contributed by atoms with van der Waals surface area (Å²) in [5, 5.41) is 45.1. The molecule has 0 saturated carbocycles. The van der Waals surface area contributed by atoms with Gasteiger partial charge in [-0.1, -0.05) is 32.5 Å². The zero-order valence-corrected chi connectivity index (χ0v) is 34.0. The highest BCUT2D eigenvalue weighted by molar-refractivity contribution is 8.13. The first-order valence-electron chi connectivity index (χ1n) is 16.8. The molecular weight excluding hydrogens is 851 g/mol. The van der Waals surface area contributed by atoms with E-state index in [0.717, 1.165) is 29.0 Å². The molecule has 1 saturated heterocycles. The number of anilines is 1. The van der Waals surface area contributed by atoms with Crippen LogP contribution in [-0.2, 0) is 50.7 Å². The molecule has 1 aliphatic rings. The van der Waals surface area contributed by atoms with E-state index in [2.05, 4.69) is 34.4 Å². The molecule has 1 aliphatic heterocycles. The number of carbonyl (C=O) groups excluding carboxylic acids is 3. The number of phosphoric ester groups is 3. The third kappa shape index (κ3) is 14.9. The number of imidazole rings is 1. The Hall–Kier alpha value is -2.52. The Balaban J connectivity index is 1.47. The maximum Gasteiger partial charge on any atom is 0.481 e. The predicted octanol–water partition coefficient (Wildman–Crippen LogP) is -1.81. The van der Waals surface area contributed by atoms with Gasteiger partial charge in [-0.25, -0.2) is 28.6 Å². The van der Waals surface area contributed by atoms with Gasteiger partial charge in [-0.15, -0.1) is 0 Å². The number of amides is 2. The van der Waals surface area contributed by atoms with Crippen molar-refractivity contribution in [3.63, 3.8) is 0 Å². The van der Waals surface area contributed by atoms with Crippen LogP contribution in [0.25, 0.3) is 11.2 Å². The Morgan fingerprint density at radius 1 is 1.02 bits per heavy atom. The Kier molecular flexibility index (Phi) is 17.7. The van der Waals surface area contributed by atoms with Gasteiger partial charge in [-0.05, 0) is 6.42 Å². The van der Waals surface area contributed by atoms with Crippen LogP contribution in [0, 0.1) is 5.41 Å². The number of phosphoric acid groups is 3. The van der Waals surface area contributed by atoms with Crippen molar-refractivity contribution in [1.29, 1.82) is 0 Å². The minimum absolute atomic E-state index is 0.0211. The summed E-state index contributed by atoms with van der Waals surface area (Å²) >= 11 is 0.855. The number of fused-ring (bicyclic) bond motifs is 1. The van der Waals surface area contributed by atoms with Crippen LogP contribution in [0.4, 0.5) is 5.82 Å². The molecule has 0 aromatic carbocycles. The zero-order chi connectivity index (χ0) is 42.9. The molecule has 2 aromatic heterocycles. The van der Waals surface area contributed by atoms with Crippen molar-refractivity contribution in [2.75, 3.05) is 37.8 Å². The number of hydrogen-bond donors (Lipinski definition) is 11. The van der Waals surface area contributed by atoms with Crippen molar-refractivity contribution >= 4 is 69.1 Å². The van der Waals surface area contributed by atoms with E-state index in [1.54, 1.807) is 6.92 Å². The lowest BCUT2D eigenvalue weighted by molar-refractivity contribution is -0.137. The average Bonchev–Trinajstić information content (AvgIpc) is 3.67. The lowest BCUT2D eigenvalue weighted by atomic mass is 9.87. The Morgan fingerprint density at radius 2 is 1.68 bits per heavy atom. The van der Waals surface area contributed by atoms with E-state index in [9.17, 15) is 68.1 Å². The molecule has 0 bridgehead atoms. The molecule has 2 amide bonds. The summed E-state index contributed by atoms with van der Waals surface area (Å²) in [4.78, 5) is 87.4. The van der Waals surface area contributed by atoms with Gasteiger partial charge < -0.3 is 61.1 Å². The van der Waals surface area contributed by atoms with E-state index in [4.69, 9.17) is 19.5 Å². The number of nitrogens with two attached hydrogens (primary N) is 1. The summed E-state index contributed by atoms with van der Waals surface area (Å²) < 4.78 is 62.0. The monoisotopic (exact) mass is 897 g/mol. The lowest BCUT2D eigenvalue weighted by Crippen LogP contribution is -2.46. The first kappa shape index (κ1) is 48.8. The SMILES string of the molecule is CCC(O)C(O)CC(=O)SCCNC(=O)CCNC(=O)[C@H](O)C(C)(C)COP(=O)(O)OP(=O)(O)OC[C@H]1O[C@@H](n2cnc3c(N)ncnc32)[C@H](O)[C@@H]1OP(=O)(O)O. The van der Waals surface area contributed by atoms with Gasteiger partial charge in [0.25, 0.3) is 0 Å². The minimum Gasteiger partial charge on any atom is -0.390 e. The Labute approximate surface area is 328 Å². The molecule has 12 N–H and O–H groups in total. The number of rotatable bonds is 23. The van der Waals surface area contributed by atoms with Crippen molar-refractivity contribution in [3.8, 4) is 0 Å².